The van der Waals surface area contributed by atoms with Crippen LogP contribution >= 0.6 is 11.6 Å². The average Bonchev–Trinajstić information content (AvgIpc) is 1.99. The van der Waals surface area contributed by atoms with E-state index in [2.05, 4.69) is 9.72 Å². The summed E-state index contributed by atoms with van der Waals surface area (Å²) >= 11 is 5.50. The summed E-state index contributed by atoms with van der Waals surface area (Å²) in [7, 11) is 0. The van der Waals surface area contributed by atoms with Crippen molar-refractivity contribution in [2.75, 3.05) is 5.73 Å². The first-order valence-electron chi connectivity index (χ1n) is 3.95. The largest absolute Gasteiger partial charge is 0.465 e. The fourth-order valence-electron chi connectivity index (χ4n) is 0.800. The zero-order chi connectivity index (χ0) is 11.6. The average molecular weight is 241 g/mol. The summed E-state index contributed by atoms with van der Waals surface area (Å²) in [5.41, 5.74) is 5.55. The number of aromatic nitrogens is 1. The van der Waals surface area contributed by atoms with Crippen LogP contribution in [0.3, 0.4) is 0 Å². The van der Waals surface area contributed by atoms with Crippen molar-refractivity contribution in [3.8, 4) is 5.88 Å². The molecule has 1 unspecified atom stereocenters. The molecule has 2 N–H and O–H groups in total. The Morgan fingerprint density at radius 2 is 2.07 bits per heavy atom. The third-order valence-electron chi connectivity index (χ3n) is 1.55. The summed E-state index contributed by atoms with van der Waals surface area (Å²) in [6.45, 7) is 0.874. The Balaban J connectivity index is 2.81. The molecular weight excluding hydrogens is 233 g/mol. The molecule has 0 aromatic carbocycles. The van der Waals surface area contributed by atoms with E-state index < -0.39 is 12.3 Å². The highest BCUT2D eigenvalue weighted by molar-refractivity contribution is 6.29. The minimum absolute atomic E-state index is 0.0145. The quantitative estimate of drug-likeness (QED) is 0.809. The molecule has 7 heteroatoms. The van der Waals surface area contributed by atoms with Gasteiger partial charge in [-0.1, -0.05) is 11.6 Å². The van der Waals surface area contributed by atoms with Crippen LogP contribution in [0.2, 0.25) is 5.15 Å². The highest BCUT2D eigenvalue weighted by atomic mass is 35.5. The van der Waals surface area contributed by atoms with Crippen molar-refractivity contribution in [3.63, 3.8) is 0 Å². The van der Waals surface area contributed by atoms with Gasteiger partial charge in [-0.3, -0.25) is 0 Å². The van der Waals surface area contributed by atoms with Gasteiger partial charge in [0.15, 0.2) is 6.10 Å². The first-order valence-corrected chi connectivity index (χ1v) is 4.33. The van der Waals surface area contributed by atoms with Crippen LogP contribution in [0.25, 0.3) is 0 Å². The molecule has 0 saturated carbocycles. The van der Waals surface area contributed by atoms with E-state index in [-0.39, 0.29) is 16.7 Å². The number of ether oxygens (including phenoxy) is 1. The van der Waals surface area contributed by atoms with Gasteiger partial charge in [-0.25, -0.2) is 4.98 Å². The maximum Gasteiger partial charge on any atom is 0.425 e. The number of hydrogen-bond donors (Lipinski definition) is 1. The molecule has 3 nitrogen and oxygen atoms in total. The van der Waals surface area contributed by atoms with E-state index in [1.165, 1.54) is 12.1 Å². The normalized spacial score (nSPS) is 13.7. The molecule has 0 spiro atoms. The Morgan fingerprint density at radius 1 is 1.47 bits per heavy atom. The molecule has 0 amide bonds. The van der Waals surface area contributed by atoms with Gasteiger partial charge in [-0.2, -0.15) is 13.2 Å². The van der Waals surface area contributed by atoms with Crippen molar-refractivity contribution >= 4 is 17.3 Å². The first kappa shape index (κ1) is 11.9. The Bertz CT molecular complexity index is 336. The van der Waals surface area contributed by atoms with Gasteiger partial charge < -0.3 is 10.5 Å². The van der Waals surface area contributed by atoms with Crippen molar-refractivity contribution in [2.24, 2.45) is 0 Å². The third kappa shape index (κ3) is 3.47. The molecule has 0 aliphatic carbocycles. The molecule has 15 heavy (non-hydrogen) atoms. The van der Waals surface area contributed by atoms with Crippen molar-refractivity contribution in [1.82, 2.24) is 4.98 Å². The van der Waals surface area contributed by atoms with Gasteiger partial charge >= 0.3 is 6.18 Å². The summed E-state index contributed by atoms with van der Waals surface area (Å²) in [6.07, 6.45) is -6.40. The molecule has 1 atom stereocenters. The van der Waals surface area contributed by atoms with Gasteiger partial charge in [0.25, 0.3) is 0 Å². The zero-order valence-corrected chi connectivity index (χ0v) is 8.43. The Morgan fingerprint density at radius 3 is 2.53 bits per heavy atom. The Kier molecular flexibility index (Phi) is 3.28. The number of anilines is 1. The molecule has 1 aromatic rings. The lowest BCUT2D eigenvalue weighted by Gasteiger charge is -2.16. The second-order valence-corrected chi connectivity index (χ2v) is 3.25. The summed E-state index contributed by atoms with van der Waals surface area (Å²) in [5, 5.41) is -0.0145. The van der Waals surface area contributed by atoms with Crippen LogP contribution in [0.5, 0.6) is 5.88 Å². The SMILES string of the molecule is CC(Oc1cc(N)cc(Cl)n1)C(F)(F)F. The minimum atomic E-state index is -4.45. The van der Waals surface area contributed by atoms with Crippen molar-refractivity contribution < 1.29 is 17.9 Å². The molecule has 0 saturated heterocycles. The van der Waals surface area contributed by atoms with E-state index in [1.807, 2.05) is 0 Å². The maximum atomic E-state index is 12.1. The van der Waals surface area contributed by atoms with Crippen molar-refractivity contribution in [1.29, 1.82) is 0 Å². The molecule has 0 fully saturated rings. The molecule has 1 rings (SSSR count). The summed E-state index contributed by atoms with van der Waals surface area (Å²) in [5.74, 6) is -0.246. The van der Waals surface area contributed by atoms with Gasteiger partial charge in [-0.05, 0) is 13.0 Å². The number of pyridine rings is 1. The Labute approximate surface area is 89.0 Å². The lowest BCUT2D eigenvalue weighted by molar-refractivity contribution is -0.189. The van der Waals surface area contributed by atoms with Crippen molar-refractivity contribution in [2.45, 2.75) is 19.2 Å². The highest BCUT2D eigenvalue weighted by Crippen LogP contribution is 2.25. The number of nitrogens with two attached hydrogens (primary N) is 1. The lowest BCUT2D eigenvalue weighted by atomic mass is 10.4. The third-order valence-corrected chi connectivity index (χ3v) is 1.75. The standard InChI is InChI=1S/C8H8ClF3N2O/c1-4(8(10,11)12)15-7-3-5(13)2-6(9)14-7/h2-4H,1H3,(H2,13,14). The molecule has 84 valence electrons. The molecule has 0 bridgehead atoms. The first-order chi connectivity index (χ1) is 6.79. The second-order valence-electron chi connectivity index (χ2n) is 2.86. The van der Waals surface area contributed by atoms with Gasteiger partial charge in [0.1, 0.15) is 5.15 Å². The van der Waals surface area contributed by atoms with E-state index in [0.29, 0.717) is 0 Å². The van der Waals surface area contributed by atoms with Gasteiger partial charge in [0.2, 0.25) is 5.88 Å². The van der Waals surface area contributed by atoms with Crippen LogP contribution in [0.1, 0.15) is 6.92 Å². The monoisotopic (exact) mass is 240 g/mol. The number of rotatable bonds is 2. The number of alkyl halides is 3. The summed E-state index contributed by atoms with van der Waals surface area (Å²) < 4.78 is 40.9. The van der Waals surface area contributed by atoms with Crippen LogP contribution < -0.4 is 10.5 Å². The van der Waals surface area contributed by atoms with Gasteiger partial charge in [0, 0.05) is 11.8 Å². The molecule has 0 aliphatic rings. The molecule has 0 aliphatic heterocycles. The predicted molar refractivity (Wildman–Crippen MR) is 49.8 cm³/mol. The fraction of sp³-hybridized carbons (Fsp3) is 0.375. The van der Waals surface area contributed by atoms with Crippen molar-refractivity contribution in [3.05, 3.63) is 17.3 Å². The van der Waals surface area contributed by atoms with Crippen LogP contribution in [-0.2, 0) is 0 Å². The smallest absolute Gasteiger partial charge is 0.425 e. The maximum absolute atomic E-state index is 12.1. The topological polar surface area (TPSA) is 48.1 Å². The number of halogens is 4. The molecule has 1 aromatic heterocycles. The Hall–Kier alpha value is -1.17. The van der Waals surface area contributed by atoms with Crippen LogP contribution in [0.4, 0.5) is 18.9 Å². The van der Waals surface area contributed by atoms with Gasteiger partial charge in [0.05, 0.1) is 0 Å². The number of nitrogens with zero attached hydrogens (tertiary/aromatic N) is 1. The molecular formula is C8H8ClF3N2O. The van der Waals surface area contributed by atoms with E-state index in [4.69, 9.17) is 17.3 Å². The fourth-order valence-corrected chi connectivity index (χ4v) is 1.01. The number of hydrogen-bond acceptors (Lipinski definition) is 3. The van der Waals surface area contributed by atoms with E-state index in [0.717, 1.165) is 6.92 Å². The van der Waals surface area contributed by atoms with Gasteiger partial charge in [-0.15, -0.1) is 0 Å². The van der Waals surface area contributed by atoms with Crippen LogP contribution in [0, 0.1) is 0 Å². The van der Waals surface area contributed by atoms with E-state index in [1.54, 1.807) is 0 Å². The summed E-state index contributed by atoms with van der Waals surface area (Å²) in [4.78, 5) is 3.55. The lowest BCUT2D eigenvalue weighted by Crippen LogP contribution is -2.31. The molecule has 1 heterocycles. The predicted octanol–water partition coefficient (Wildman–Crippen LogP) is 2.65. The van der Waals surface area contributed by atoms with Crippen LogP contribution in [-0.4, -0.2) is 17.3 Å². The second kappa shape index (κ2) is 4.14. The minimum Gasteiger partial charge on any atom is -0.465 e. The van der Waals surface area contributed by atoms with Crippen LogP contribution in [0.15, 0.2) is 12.1 Å². The number of nitrogen functional groups attached to an aromatic ring is 1. The molecule has 0 radical (unpaired) electrons. The summed E-state index contributed by atoms with van der Waals surface area (Å²) in [6, 6.07) is 2.49. The van der Waals surface area contributed by atoms with E-state index in [9.17, 15) is 13.2 Å². The van der Waals surface area contributed by atoms with E-state index >= 15 is 0 Å². The zero-order valence-electron chi connectivity index (χ0n) is 7.68. The highest BCUT2D eigenvalue weighted by Gasteiger charge is 2.38.